The molecule has 0 bridgehead atoms. The Balaban J connectivity index is 2.95. The Labute approximate surface area is 82.4 Å². The molecule has 0 spiro atoms. The number of hydrogen-bond donors (Lipinski definition) is 0. The molecule has 0 heterocycles. The summed E-state index contributed by atoms with van der Waals surface area (Å²) in [6.45, 7) is 4.41. The Bertz CT molecular complexity index is 274. The van der Waals surface area contributed by atoms with E-state index in [-0.39, 0.29) is 0 Å². The van der Waals surface area contributed by atoms with Crippen LogP contribution in [-0.2, 0) is 0 Å². The van der Waals surface area contributed by atoms with Crippen LogP contribution in [0, 0.1) is 0 Å². The van der Waals surface area contributed by atoms with Gasteiger partial charge in [0.05, 0.1) is 0 Å². The van der Waals surface area contributed by atoms with Crippen LogP contribution in [0.3, 0.4) is 0 Å². The molecule has 0 saturated heterocycles. The highest BCUT2D eigenvalue weighted by Gasteiger charge is 1.97. The van der Waals surface area contributed by atoms with Gasteiger partial charge in [-0.05, 0) is 28.1 Å². The zero-order valence-corrected chi connectivity index (χ0v) is 9.01. The van der Waals surface area contributed by atoms with Gasteiger partial charge in [0.1, 0.15) is 0 Å². The zero-order chi connectivity index (χ0) is 8.97. The molecule has 0 aliphatic heterocycles. The van der Waals surface area contributed by atoms with Crippen molar-refractivity contribution in [1.29, 1.82) is 0 Å². The molecular weight excluding hydrogens is 212 g/mol. The predicted molar refractivity (Wildman–Crippen MR) is 58.5 cm³/mol. The molecule has 0 aliphatic carbocycles. The second-order valence-corrected chi connectivity index (χ2v) is 3.65. The molecule has 0 saturated carbocycles. The van der Waals surface area contributed by atoms with Crippen LogP contribution in [0.25, 0.3) is 6.08 Å². The van der Waals surface area contributed by atoms with E-state index in [1.54, 1.807) is 0 Å². The summed E-state index contributed by atoms with van der Waals surface area (Å²) in [6.07, 6.45) is 2.05. The quantitative estimate of drug-likeness (QED) is 0.708. The van der Waals surface area contributed by atoms with Crippen molar-refractivity contribution in [2.24, 2.45) is 0 Å². The molecule has 0 nitrogen and oxygen atoms in total. The fraction of sp³-hybridized carbons (Fsp3) is 0.273. The molecule has 1 aromatic rings. The lowest BCUT2D eigenvalue weighted by Gasteiger charge is -2.04. The standard InChI is InChI=1S/C11H13Br/c1-9(2)11-5-3-4-10(8-11)6-7-12/h3-9H,1-2H3/b7-6+. The summed E-state index contributed by atoms with van der Waals surface area (Å²) in [7, 11) is 0. The van der Waals surface area contributed by atoms with E-state index in [4.69, 9.17) is 0 Å². The van der Waals surface area contributed by atoms with Crippen LogP contribution < -0.4 is 0 Å². The Morgan fingerprint density at radius 1 is 1.33 bits per heavy atom. The van der Waals surface area contributed by atoms with E-state index < -0.39 is 0 Å². The lowest BCUT2D eigenvalue weighted by Crippen LogP contribution is -1.86. The van der Waals surface area contributed by atoms with Crippen molar-refractivity contribution in [2.75, 3.05) is 0 Å². The topological polar surface area (TPSA) is 0 Å². The summed E-state index contributed by atoms with van der Waals surface area (Å²) in [4.78, 5) is 1.88. The molecule has 0 fully saturated rings. The molecule has 0 amide bonds. The molecule has 0 unspecified atom stereocenters. The lowest BCUT2D eigenvalue weighted by molar-refractivity contribution is 0.866. The molecule has 1 rings (SSSR count). The minimum atomic E-state index is 0.605. The highest BCUT2D eigenvalue weighted by atomic mass is 79.9. The second kappa shape index (κ2) is 4.46. The van der Waals surface area contributed by atoms with Crippen molar-refractivity contribution >= 4 is 22.0 Å². The Hall–Kier alpha value is -0.560. The van der Waals surface area contributed by atoms with E-state index in [1.165, 1.54) is 11.1 Å². The molecule has 0 radical (unpaired) electrons. The van der Waals surface area contributed by atoms with Gasteiger partial charge < -0.3 is 0 Å². The highest BCUT2D eigenvalue weighted by Crippen LogP contribution is 2.16. The van der Waals surface area contributed by atoms with Gasteiger partial charge in [-0.1, -0.05) is 54.0 Å². The minimum Gasteiger partial charge on any atom is -0.0614 e. The van der Waals surface area contributed by atoms with Crippen LogP contribution in [0.15, 0.2) is 29.3 Å². The van der Waals surface area contributed by atoms with Gasteiger partial charge in [-0.25, -0.2) is 0 Å². The van der Waals surface area contributed by atoms with Crippen LogP contribution in [-0.4, -0.2) is 0 Å². The van der Waals surface area contributed by atoms with Crippen LogP contribution in [0.4, 0.5) is 0 Å². The maximum absolute atomic E-state index is 3.27. The Morgan fingerprint density at radius 2 is 2.08 bits per heavy atom. The Kier molecular flexibility index (Phi) is 3.54. The first-order valence-corrected chi connectivity index (χ1v) is 5.02. The first-order chi connectivity index (χ1) is 5.74. The van der Waals surface area contributed by atoms with Gasteiger partial charge in [-0.15, -0.1) is 0 Å². The Morgan fingerprint density at radius 3 is 2.67 bits per heavy atom. The average molecular weight is 225 g/mol. The van der Waals surface area contributed by atoms with Crippen LogP contribution >= 0.6 is 15.9 Å². The smallest absolute Gasteiger partial charge is 0.0183 e. The number of benzene rings is 1. The summed E-state index contributed by atoms with van der Waals surface area (Å²) in [5, 5.41) is 0. The van der Waals surface area contributed by atoms with E-state index in [0.717, 1.165) is 0 Å². The average Bonchev–Trinajstić information content (AvgIpc) is 2.05. The van der Waals surface area contributed by atoms with E-state index in [2.05, 4.69) is 54.0 Å². The maximum atomic E-state index is 3.27. The third kappa shape index (κ3) is 2.49. The van der Waals surface area contributed by atoms with Gasteiger partial charge >= 0.3 is 0 Å². The molecule has 1 heteroatoms. The molecule has 0 atom stereocenters. The first kappa shape index (κ1) is 9.53. The zero-order valence-electron chi connectivity index (χ0n) is 7.42. The molecule has 0 aliphatic rings. The molecule has 0 N–H and O–H groups in total. The summed E-state index contributed by atoms with van der Waals surface area (Å²) >= 11 is 3.27. The van der Waals surface area contributed by atoms with Crippen molar-refractivity contribution in [3.05, 3.63) is 40.4 Å². The van der Waals surface area contributed by atoms with Gasteiger partial charge in [0.15, 0.2) is 0 Å². The first-order valence-electron chi connectivity index (χ1n) is 4.10. The van der Waals surface area contributed by atoms with Gasteiger partial charge in [0, 0.05) is 0 Å². The molecule has 12 heavy (non-hydrogen) atoms. The van der Waals surface area contributed by atoms with Crippen molar-refractivity contribution < 1.29 is 0 Å². The van der Waals surface area contributed by atoms with Crippen LogP contribution in [0.2, 0.25) is 0 Å². The largest absolute Gasteiger partial charge is 0.0614 e. The van der Waals surface area contributed by atoms with E-state index in [9.17, 15) is 0 Å². The van der Waals surface area contributed by atoms with E-state index in [0.29, 0.717) is 5.92 Å². The molecular formula is C11H13Br. The van der Waals surface area contributed by atoms with Gasteiger partial charge in [-0.2, -0.15) is 0 Å². The summed E-state index contributed by atoms with van der Waals surface area (Å²) in [6, 6.07) is 8.57. The van der Waals surface area contributed by atoms with Crippen LogP contribution in [0.1, 0.15) is 30.9 Å². The third-order valence-electron chi connectivity index (χ3n) is 1.83. The second-order valence-electron chi connectivity index (χ2n) is 3.12. The van der Waals surface area contributed by atoms with E-state index >= 15 is 0 Å². The fourth-order valence-corrected chi connectivity index (χ4v) is 1.40. The molecule has 0 aromatic heterocycles. The van der Waals surface area contributed by atoms with E-state index in [1.807, 2.05) is 11.1 Å². The molecule has 1 aromatic carbocycles. The van der Waals surface area contributed by atoms with Gasteiger partial charge in [-0.3, -0.25) is 0 Å². The number of hydrogen-bond acceptors (Lipinski definition) is 0. The third-order valence-corrected chi connectivity index (χ3v) is 2.10. The van der Waals surface area contributed by atoms with Crippen molar-refractivity contribution in [3.63, 3.8) is 0 Å². The number of halogens is 1. The molecule has 64 valence electrons. The monoisotopic (exact) mass is 224 g/mol. The van der Waals surface area contributed by atoms with Crippen LogP contribution in [0.5, 0.6) is 0 Å². The summed E-state index contributed by atoms with van der Waals surface area (Å²) < 4.78 is 0. The van der Waals surface area contributed by atoms with Gasteiger partial charge in [0.25, 0.3) is 0 Å². The maximum Gasteiger partial charge on any atom is -0.0183 e. The fourth-order valence-electron chi connectivity index (χ4n) is 1.09. The lowest BCUT2D eigenvalue weighted by atomic mass is 10.0. The highest BCUT2D eigenvalue weighted by molar-refractivity contribution is 9.11. The predicted octanol–water partition coefficient (Wildman–Crippen LogP) is 4.18. The summed E-state index contributed by atoms with van der Waals surface area (Å²) in [5.74, 6) is 0.605. The van der Waals surface area contributed by atoms with Crippen molar-refractivity contribution in [2.45, 2.75) is 19.8 Å². The van der Waals surface area contributed by atoms with Gasteiger partial charge in [0.2, 0.25) is 0 Å². The minimum absolute atomic E-state index is 0.605. The van der Waals surface area contributed by atoms with Crippen molar-refractivity contribution in [3.8, 4) is 0 Å². The summed E-state index contributed by atoms with van der Waals surface area (Å²) in [5.41, 5.74) is 2.64. The van der Waals surface area contributed by atoms with Crippen molar-refractivity contribution in [1.82, 2.24) is 0 Å². The number of rotatable bonds is 2. The SMILES string of the molecule is CC(C)c1cccc(/C=C/Br)c1. The normalized spacial score (nSPS) is 11.3.